The smallest absolute Gasteiger partial charge is 0.319 e. The molecule has 1 rings (SSSR count). The molecule has 1 heterocycles. The summed E-state index contributed by atoms with van der Waals surface area (Å²) in [7, 11) is 0. The van der Waals surface area contributed by atoms with Gasteiger partial charge in [-0.25, -0.2) is 0 Å². The van der Waals surface area contributed by atoms with Crippen molar-refractivity contribution in [3.63, 3.8) is 0 Å². The van der Waals surface area contributed by atoms with Gasteiger partial charge in [-0.1, -0.05) is 0 Å². The maximum Gasteiger partial charge on any atom is 0.319 e. The predicted octanol–water partition coefficient (Wildman–Crippen LogP) is -0.618. The molecule has 0 bridgehead atoms. The molecule has 68 valence electrons. The summed E-state index contributed by atoms with van der Waals surface area (Å²) in [6.45, 7) is -0.473. The van der Waals surface area contributed by atoms with Crippen molar-refractivity contribution in [3.8, 4) is 0 Å². The summed E-state index contributed by atoms with van der Waals surface area (Å²) >= 11 is 0. The molecule has 1 saturated heterocycles. The van der Waals surface area contributed by atoms with E-state index in [0.29, 0.717) is 0 Å². The third-order valence-corrected chi connectivity index (χ3v) is 1.06. The average Bonchev–Trinajstić information content (AvgIpc) is 2.02. The zero-order valence-corrected chi connectivity index (χ0v) is 6.28. The second kappa shape index (κ2) is 4.68. The van der Waals surface area contributed by atoms with Crippen molar-refractivity contribution in [3.05, 3.63) is 0 Å². The van der Waals surface area contributed by atoms with E-state index in [1.807, 2.05) is 0 Å². The van der Waals surface area contributed by atoms with Gasteiger partial charge in [-0.3, -0.25) is 9.59 Å². The highest BCUT2D eigenvalue weighted by molar-refractivity contribution is 5.91. The van der Waals surface area contributed by atoms with Gasteiger partial charge < -0.3 is 18.9 Å². The standard InChI is InChI=1S/C6H8O6/c7-5-1-6(8)12-4-10-2-9-3-11-5/h1-4H2. The van der Waals surface area contributed by atoms with Crippen LogP contribution >= 0.6 is 0 Å². The van der Waals surface area contributed by atoms with Crippen LogP contribution in [0, 0.1) is 0 Å². The summed E-state index contributed by atoms with van der Waals surface area (Å²) in [5.74, 6) is -1.33. The molecule has 0 spiro atoms. The number of ether oxygens (including phenoxy) is 4. The first kappa shape index (κ1) is 8.95. The minimum atomic E-state index is -0.665. The summed E-state index contributed by atoms with van der Waals surface area (Å²) in [5, 5.41) is 0. The predicted molar refractivity (Wildman–Crippen MR) is 33.6 cm³/mol. The molecule has 1 fully saturated rings. The van der Waals surface area contributed by atoms with Crippen LogP contribution in [0.1, 0.15) is 6.42 Å². The number of hydrogen-bond acceptors (Lipinski definition) is 6. The summed E-state index contributed by atoms with van der Waals surface area (Å²) < 4.78 is 18.2. The van der Waals surface area contributed by atoms with Gasteiger partial charge in [0, 0.05) is 0 Å². The van der Waals surface area contributed by atoms with Crippen LogP contribution in [0.25, 0.3) is 0 Å². The summed E-state index contributed by atoms with van der Waals surface area (Å²) in [4.78, 5) is 21.3. The fourth-order valence-electron chi connectivity index (χ4n) is 0.562. The van der Waals surface area contributed by atoms with Crippen molar-refractivity contribution >= 4 is 11.9 Å². The van der Waals surface area contributed by atoms with E-state index >= 15 is 0 Å². The summed E-state index contributed by atoms with van der Waals surface area (Å²) in [6, 6.07) is 0. The van der Waals surface area contributed by atoms with E-state index in [1.54, 1.807) is 0 Å². The number of carbonyl (C=O) groups excluding carboxylic acids is 2. The van der Waals surface area contributed by atoms with Crippen LogP contribution in [-0.2, 0) is 28.5 Å². The topological polar surface area (TPSA) is 71.1 Å². The Morgan fingerprint density at radius 2 is 1.33 bits per heavy atom. The third kappa shape index (κ3) is 3.31. The van der Waals surface area contributed by atoms with E-state index in [4.69, 9.17) is 0 Å². The molecule has 0 saturated carbocycles. The van der Waals surface area contributed by atoms with E-state index in [0.717, 1.165) is 0 Å². The number of carbonyl (C=O) groups is 2. The third-order valence-electron chi connectivity index (χ3n) is 1.06. The van der Waals surface area contributed by atoms with Crippen LogP contribution in [0.5, 0.6) is 0 Å². The minimum absolute atomic E-state index is 0.0689. The molecule has 12 heavy (non-hydrogen) atoms. The van der Waals surface area contributed by atoms with Gasteiger partial charge in [0.2, 0.25) is 0 Å². The lowest BCUT2D eigenvalue weighted by Crippen LogP contribution is -2.20. The molecule has 1 aliphatic rings. The summed E-state index contributed by atoms with van der Waals surface area (Å²) in [5.41, 5.74) is 0. The molecule has 0 atom stereocenters. The van der Waals surface area contributed by atoms with Crippen LogP contribution in [0.4, 0.5) is 0 Å². The summed E-state index contributed by atoms with van der Waals surface area (Å²) in [6.07, 6.45) is -0.410. The van der Waals surface area contributed by atoms with Gasteiger partial charge in [-0.2, -0.15) is 0 Å². The quantitative estimate of drug-likeness (QED) is 0.362. The number of rotatable bonds is 0. The second-order valence-corrected chi connectivity index (χ2v) is 1.97. The van der Waals surface area contributed by atoms with Gasteiger partial charge in [0.05, 0.1) is 0 Å². The Kier molecular flexibility index (Phi) is 3.49. The number of cyclic esters (lactones) is 2. The zero-order valence-electron chi connectivity index (χ0n) is 6.28. The molecule has 0 unspecified atom stereocenters. The van der Waals surface area contributed by atoms with Crippen molar-refractivity contribution in [2.24, 2.45) is 0 Å². The van der Waals surface area contributed by atoms with Crippen molar-refractivity contribution in [1.82, 2.24) is 0 Å². The highest BCUT2D eigenvalue weighted by Gasteiger charge is 2.13. The molecule has 0 N–H and O–H groups in total. The minimum Gasteiger partial charge on any atom is -0.438 e. The van der Waals surface area contributed by atoms with Gasteiger partial charge in [0.1, 0.15) is 6.42 Å². The van der Waals surface area contributed by atoms with E-state index in [2.05, 4.69) is 18.9 Å². The Labute approximate surface area is 68.3 Å². The monoisotopic (exact) mass is 176 g/mol. The molecule has 1 aliphatic heterocycles. The van der Waals surface area contributed by atoms with Gasteiger partial charge >= 0.3 is 11.9 Å². The van der Waals surface area contributed by atoms with Crippen LogP contribution in [-0.4, -0.2) is 32.3 Å². The van der Waals surface area contributed by atoms with Crippen molar-refractivity contribution in [1.29, 1.82) is 0 Å². The maximum absolute atomic E-state index is 10.7. The molecule has 6 nitrogen and oxygen atoms in total. The first-order valence-corrected chi connectivity index (χ1v) is 3.26. The highest BCUT2D eigenvalue weighted by atomic mass is 16.8. The Morgan fingerprint density at radius 3 is 1.83 bits per heavy atom. The fourth-order valence-corrected chi connectivity index (χ4v) is 0.562. The van der Waals surface area contributed by atoms with E-state index in [9.17, 15) is 9.59 Å². The first-order chi connectivity index (χ1) is 5.79. The normalized spacial score (nSPS) is 21.0. The average molecular weight is 176 g/mol. The Balaban J connectivity index is 2.34. The van der Waals surface area contributed by atoms with Gasteiger partial charge in [0.25, 0.3) is 0 Å². The lowest BCUT2D eigenvalue weighted by Gasteiger charge is -2.09. The lowest BCUT2D eigenvalue weighted by atomic mass is 10.4. The number of esters is 2. The van der Waals surface area contributed by atoms with Crippen LogP contribution in [0.15, 0.2) is 0 Å². The Morgan fingerprint density at radius 1 is 0.833 bits per heavy atom. The van der Waals surface area contributed by atoms with Crippen LogP contribution in [0.2, 0.25) is 0 Å². The first-order valence-electron chi connectivity index (χ1n) is 3.26. The second-order valence-electron chi connectivity index (χ2n) is 1.97. The van der Waals surface area contributed by atoms with Crippen molar-refractivity contribution in [2.45, 2.75) is 6.42 Å². The van der Waals surface area contributed by atoms with Gasteiger partial charge in [-0.15, -0.1) is 0 Å². The molecule has 0 aromatic carbocycles. The van der Waals surface area contributed by atoms with Crippen molar-refractivity contribution in [2.75, 3.05) is 20.4 Å². The van der Waals surface area contributed by atoms with Crippen LogP contribution in [0.3, 0.4) is 0 Å². The zero-order chi connectivity index (χ0) is 8.81. The Hall–Kier alpha value is -1.14. The lowest BCUT2D eigenvalue weighted by molar-refractivity contribution is -0.196. The molecule has 6 heteroatoms. The molecular formula is C6H8O6. The van der Waals surface area contributed by atoms with E-state index in [-0.39, 0.29) is 20.4 Å². The van der Waals surface area contributed by atoms with Gasteiger partial charge in [0.15, 0.2) is 20.4 Å². The maximum atomic E-state index is 10.7. The molecular weight excluding hydrogens is 168 g/mol. The molecule has 0 radical (unpaired) electrons. The van der Waals surface area contributed by atoms with E-state index < -0.39 is 18.4 Å². The SMILES string of the molecule is O=C1CC(=O)OCOCOCO1. The van der Waals surface area contributed by atoms with Crippen LogP contribution < -0.4 is 0 Å². The molecule has 0 aromatic rings. The molecule has 0 aliphatic carbocycles. The van der Waals surface area contributed by atoms with E-state index in [1.165, 1.54) is 0 Å². The number of hydrogen-bond donors (Lipinski definition) is 0. The largest absolute Gasteiger partial charge is 0.438 e. The van der Waals surface area contributed by atoms with Crippen molar-refractivity contribution < 1.29 is 28.5 Å². The Bertz CT molecular complexity index is 159. The van der Waals surface area contributed by atoms with Gasteiger partial charge in [-0.05, 0) is 0 Å². The molecule has 0 amide bonds. The fraction of sp³-hybridized carbons (Fsp3) is 0.667. The highest BCUT2D eigenvalue weighted by Crippen LogP contribution is 1.94. The molecule has 0 aromatic heterocycles.